The number of nitrogens with zero attached hydrogens (tertiary/aromatic N) is 2. The molecule has 0 fully saturated rings. The maximum absolute atomic E-state index is 11.3. The minimum absolute atomic E-state index is 0.0745. The molecule has 0 aliphatic carbocycles. The van der Waals surface area contributed by atoms with E-state index in [-0.39, 0.29) is 11.8 Å². The van der Waals surface area contributed by atoms with E-state index in [4.69, 9.17) is 5.84 Å². The van der Waals surface area contributed by atoms with E-state index in [0.29, 0.717) is 6.04 Å². The van der Waals surface area contributed by atoms with Crippen LogP contribution < -0.4 is 11.3 Å². The first-order chi connectivity index (χ1) is 7.42. The fourth-order valence-corrected chi connectivity index (χ4v) is 1.84. The van der Waals surface area contributed by atoms with Crippen molar-refractivity contribution in [1.82, 2.24) is 15.2 Å². The number of rotatable bonds is 7. The second-order valence-electron chi connectivity index (χ2n) is 4.61. The zero-order valence-electron chi connectivity index (χ0n) is 11.2. The van der Waals surface area contributed by atoms with E-state index in [9.17, 15) is 4.79 Å². The van der Waals surface area contributed by atoms with Crippen molar-refractivity contribution in [3.05, 3.63) is 0 Å². The van der Waals surface area contributed by atoms with Gasteiger partial charge in [0.15, 0.2) is 0 Å². The van der Waals surface area contributed by atoms with E-state index >= 15 is 0 Å². The first kappa shape index (κ1) is 15.3. The third-order valence-corrected chi connectivity index (χ3v) is 2.76. The zero-order chi connectivity index (χ0) is 12.7. The number of hydrogen-bond donors (Lipinski definition) is 2. The molecule has 96 valence electrons. The lowest BCUT2D eigenvalue weighted by Gasteiger charge is -2.31. The number of amides is 1. The van der Waals surface area contributed by atoms with Crippen LogP contribution in [-0.4, -0.2) is 55.5 Å². The molecule has 0 spiro atoms. The number of hydrogen-bond acceptors (Lipinski definition) is 4. The summed E-state index contributed by atoms with van der Waals surface area (Å²) >= 11 is 0. The molecule has 0 aliphatic rings. The van der Waals surface area contributed by atoms with Crippen LogP contribution in [0.2, 0.25) is 0 Å². The van der Waals surface area contributed by atoms with E-state index in [2.05, 4.69) is 43.2 Å². The molecule has 16 heavy (non-hydrogen) atoms. The fraction of sp³-hybridized carbons (Fsp3) is 0.909. The first-order valence-electron chi connectivity index (χ1n) is 5.81. The highest BCUT2D eigenvalue weighted by Gasteiger charge is 2.19. The van der Waals surface area contributed by atoms with Gasteiger partial charge in [-0.25, -0.2) is 5.84 Å². The van der Waals surface area contributed by atoms with Crippen LogP contribution in [0.4, 0.5) is 0 Å². The van der Waals surface area contributed by atoms with Gasteiger partial charge in [-0.05, 0) is 27.6 Å². The Hall–Kier alpha value is -0.650. The summed E-state index contributed by atoms with van der Waals surface area (Å²) in [5.41, 5.74) is 2.20. The summed E-state index contributed by atoms with van der Waals surface area (Å²) in [7, 11) is 4.11. The highest BCUT2D eigenvalue weighted by atomic mass is 16.2. The molecule has 0 rings (SSSR count). The van der Waals surface area contributed by atoms with Crippen LogP contribution in [0.15, 0.2) is 0 Å². The average molecular weight is 230 g/mol. The minimum atomic E-state index is -0.101. The second kappa shape index (κ2) is 7.60. The van der Waals surface area contributed by atoms with Crippen molar-refractivity contribution in [2.24, 2.45) is 11.8 Å². The fourth-order valence-electron chi connectivity index (χ4n) is 1.84. The summed E-state index contributed by atoms with van der Waals surface area (Å²) in [5, 5.41) is 0. The van der Waals surface area contributed by atoms with Crippen LogP contribution in [-0.2, 0) is 4.79 Å². The van der Waals surface area contributed by atoms with E-state index in [0.717, 1.165) is 19.6 Å². The minimum Gasteiger partial charge on any atom is -0.308 e. The lowest BCUT2D eigenvalue weighted by Crippen LogP contribution is -2.46. The molecule has 0 aliphatic heterocycles. The smallest absolute Gasteiger partial charge is 0.237 e. The summed E-state index contributed by atoms with van der Waals surface area (Å²) in [6.45, 7) is 8.86. The molecule has 0 aromatic rings. The van der Waals surface area contributed by atoms with Crippen molar-refractivity contribution in [3.63, 3.8) is 0 Å². The van der Waals surface area contributed by atoms with E-state index in [1.807, 2.05) is 6.92 Å². The monoisotopic (exact) mass is 230 g/mol. The molecule has 2 atom stereocenters. The molecule has 0 saturated carbocycles. The highest BCUT2D eigenvalue weighted by molar-refractivity contribution is 5.77. The number of nitrogens with two attached hydrogens (primary N) is 1. The molecule has 0 bridgehead atoms. The molecular formula is C11H26N4O. The van der Waals surface area contributed by atoms with Crippen molar-refractivity contribution >= 4 is 5.91 Å². The Labute approximate surface area is 98.9 Å². The van der Waals surface area contributed by atoms with Crippen LogP contribution in [0.3, 0.4) is 0 Å². The third kappa shape index (κ3) is 5.44. The average Bonchev–Trinajstić information content (AvgIpc) is 2.23. The third-order valence-electron chi connectivity index (χ3n) is 2.76. The first-order valence-corrected chi connectivity index (χ1v) is 5.81. The van der Waals surface area contributed by atoms with Gasteiger partial charge in [0.25, 0.3) is 0 Å². The molecular weight excluding hydrogens is 204 g/mol. The molecule has 1 amide bonds. The summed E-state index contributed by atoms with van der Waals surface area (Å²) in [6, 6.07) is 0.438. The number of hydrazine groups is 1. The van der Waals surface area contributed by atoms with Gasteiger partial charge in [-0.3, -0.25) is 15.1 Å². The van der Waals surface area contributed by atoms with Crippen LogP contribution in [0, 0.1) is 5.92 Å². The normalized spacial score (nSPS) is 15.2. The summed E-state index contributed by atoms with van der Waals surface area (Å²) in [6.07, 6.45) is 0. The van der Waals surface area contributed by atoms with Crippen LogP contribution in [0.1, 0.15) is 20.8 Å². The van der Waals surface area contributed by atoms with Crippen molar-refractivity contribution in [3.8, 4) is 0 Å². The van der Waals surface area contributed by atoms with Gasteiger partial charge in [-0.2, -0.15) is 0 Å². The lowest BCUT2D eigenvalue weighted by atomic mass is 10.1. The van der Waals surface area contributed by atoms with Crippen molar-refractivity contribution < 1.29 is 4.79 Å². The maximum Gasteiger partial charge on any atom is 0.237 e. The van der Waals surface area contributed by atoms with Gasteiger partial charge in [0.1, 0.15) is 0 Å². The maximum atomic E-state index is 11.3. The van der Waals surface area contributed by atoms with E-state index < -0.39 is 0 Å². The Morgan fingerprint density at radius 2 is 1.88 bits per heavy atom. The van der Waals surface area contributed by atoms with E-state index in [1.54, 1.807) is 0 Å². The van der Waals surface area contributed by atoms with Crippen molar-refractivity contribution in [2.75, 3.05) is 33.7 Å². The zero-order valence-corrected chi connectivity index (χ0v) is 11.2. The van der Waals surface area contributed by atoms with Gasteiger partial charge in [0.05, 0.1) is 0 Å². The van der Waals surface area contributed by atoms with Gasteiger partial charge in [-0.1, -0.05) is 13.8 Å². The van der Waals surface area contributed by atoms with Crippen molar-refractivity contribution in [2.45, 2.75) is 26.8 Å². The van der Waals surface area contributed by atoms with Gasteiger partial charge in [-0.15, -0.1) is 0 Å². The lowest BCUT2D eigenvalue weighted by molar-refractivity contribution is -0.125. The van der Waals surface area contributed by atoms with Crippen LogP contribution in [0.25, 0.3) is 0 Å². The van der Waals surface area contributed by atoms with Crippen LogP contribution >= 0.6 is 0 Å². The molecule has 0 radical (unpaired) electrons. The SMILES string of the molecule is CCN(CC(C)C(=O)NN)C(C)CN(C)C. The topological polar surface area (TPSA) is 61.6 Å². The summed E-state index contributed by atoms with van der Waals surface area (Å²) in [5.74, 6) is 4.94. The standard InChI is InChI=1S/C11H26N4O/c1-6-15(10(3)8-14(4)5)7-9(2)11(16)13-12/h9-10H,6-8,12H2,1-5H3,(H,13,16). The molecule has 5 nitrogen and oxygen atoms in total. The van der Waals surface area contributed by atoms with Gasteiger partial charge >= 0.3 is 0 Å². The van der Waals surface area contributed by atoms with Gasteiger partial charge in [0, 0.05) is 25.0 Å². The summed E-state index contributed by atoms with van der Waals surface area (Å²) in [4.78, 5) is 15.8. The van der Waals surface area contributed by atoms with Gasteiger partial charge in [0.2, 0.25) is 5.91 Å². The second-order valence-corrected chi connectivity index (χ2v) is 4.61. The quantitative estimate of drug-likeness (QED) is 0.364. The van der Waals surface area contributed by atoms with Crippen molar-refractivity contribution in [1.29, 1.82) is 0 Å². The molecule has 0 saturated heterocycles. The molecule has 5 heteroatoms. The van der Waals surface area contributed by atoms with E-state index in [1.165, 1.54) is 0 Å². The molecule has 0 heterocycles. The number of carbonyl (C=O) groups excluding carboxylic acids is 1. The predicted molar refractivity (Wildman–Crippen MR) is 66.8 cm³/mol. The van der Waals surface area contributed by atoms with Crippen LogP contribution in [0.5, 0.6) is 0 Å². The Morgan fingerprint density at radius 3 is 2.25 bits per heavy atom. The highest BCUT2D eigenvalue weighted by Crippen LogP contribution is 2.05. The predicted octanol–water partition coefficient (Wildman–Crippen LogP) is -0.116. The number of nitrogens with one attached hydrogen (secondary N) is 1. The Balaban J connectivity index is 4.23. The molecule has 2 unspecified atom stereocenters. The Bertz CT molecular complexity index is 208. The number of carbonyl (C=O) groups is 1. The number of likely N-dealkylation sites (N-methyl/N-ethyl adjacent to an activating group) is 2. The Morgan fingerprint density at radius 1 is 1.31 bits per heavy atom. The molecule has 0 aromatic heterocycles. The molecule has 0 aromatic carbocycles. The van der Waals surface area contributed by atoms with Gasteiger partial charge < -0.3 is 4.90 Å². The summed E-state index contributed by atoms with van der Waals surface area (Å²) < 4.78 is 0. The molecule has 3 N–H and O–H groups in total. The Kier molecular flexibility index (Phi) is 7.29. The largest absolute Gasteiger partial charge is 0.308 e.